The van der Waals surface area contributed by atoms with E-state index in [4.69, 9.17) is 0 Å². The van der Waals surface area contributed by atoms with Gasteiger partial charge in [-0.05, 0) is 68.3 Å². The van der Waals surface area contributed by atoms with Crippen LogP contribution in [0.3, 0.4) is 0 Å². The molecule has 0 aromatic rings. The molecule has 0 atom stereocenters. The minimum atomic E-state index is -0.786. The highest BCUT2D eigenvalue weighted by molar-refractivity contribution is 8.22. The first kappa shape index (κ1) is 24.7. The molecule has 2 saturated carbocycles. The molecule has 7 amide bonds. The van der Waals surface area contributed by atoms with E-state index in [0.717, 1.165) is 46.3 Å². The highest BCUT2D eigenvalue weighted by atomic mass is 32.2. The molecule has 0 bridgehead atoms. The molecule has 0 unspecified atom stereocenters. The Morgan fingerprint density at radius 2 is 1.66 bits per heavy atom. The lowest BCUT2D eigenvalue weighted by Gasteiger charge is -2.56. The van der Waals surface area contributed by atoms with Gasteiger partial charge in [0, 0.05) is 19.6 Å². The summed E-state index contributed by atoms with van der Waals surface area (Å²) in [5.74, 6) is 0.673. The van der Waals surface area contributed by atoms with Crippen molar-refractivity contribution in [1.82, 2.24) is 20.0 Å². The van der Waals surface area contributed by atoms with E-state index >= 15 is 0 Å². The zero-order valence-corrected chi connectivity index (χ0v) is 21.9. The molecule has 35 heavy (non-hydrogen) atoms. The quantitative estimate of drug-likeness (QED) is 0.344. The molecule has 3 saturated heterocycles. The van der Waals surface area contributed by atoms with Gasteiger partial charge in [-0.2, -0.15) is 0 Å². The van der Waals surface area contributed by atoms with Crippen LogP contribution in [0.25, 0.3) is 0 Å². The first-order valence-electron chi connectivity index (χ1n) is 12.5. The lowest BCUT2D eigenvalue weighted by molar-refractivity contribution is -0.143. The molecule has 1 N–H and O–H groups in total. The number of carbonyl (C=O) groups excluding carboxylic acids is 5. The number of likely N-dealkylation sites (N-methyl/N-ethyl adjacent to an activating group) is 1. The standard InChI is InChI=1S/C24H32N4O5S2/c1-3-4-10-27-17(29)16(19-34-11-5-12-35-19)18(30)28(22(27)33)15-6-8-23(9-7-15)13-24(14-23)20(31)26(2)21(32)25-24/h15H,3-14H2,1-2H3,(H,25,32). The predicted octanol–water partition coefficient (Wildman–Crippen LogP) is 3.30. The Hall–Kier alpha value is -2.01. The summed E-state index contributed by atoms with van der Waals surface area (Å²) in [5.41, 5.74) is -0.674. The van der Waals surface area contributed by atoms with Crippen LogP contribution in [-0.2, 0) is 14.4 Å². The summed E-state index contributed by atoms with van der Waals surface area (Å²) in [5, 5.41) is 2.86. The first-order valence-corrected chi connectivity index (χ1v) is 14.5. The van der Waals surface area contributed by atoms with Crippen molar-refractivity contribution < 1.29 is 24.0 Å². The number of nitrogens with zero attached hydrogens (tertiary/aromatic N) is 3. The second kappa shape index (κ2) is 9.14. The van der Waals surface area contributed by atoms with Gasteiger partial charge in [0.15, 0.2) is 0 Å². The number of hydrogen-bond acceptors (Lipinski definition) is 7. The molecule has 9 nitrogen and oxygen atoms in total. The minimum Gasteiger partial charge on any atom is -0.323 e. The van der Waals surface area contributed by atoms with Gasteiger partial charge in [0.05, 0.1) is 4.24 Å². The van der Waals surface area contributed by atoms with Crippen molar-refractivity contribution >= 4 is 53.3 Å². The van der Waals surface area contributed by atoms with E-state index < -0.39 is 23.4 Å². The maximum atomic E-state index is 13.6. The first-order chi connectivity index (χ1) is 16.7. The molecule has 2 aliphatic carbocycles. The van der Waals surface area contributed by atoms with Crippen molar-refractivity contribution in [2.75, 3.05) is 25.1 Å². The van der Waals surface area contributed by atoms with E-state index in [0.29, 0.717) is 38.6 Å². The molecule has 0 aromatic heterocycles. The molecule has 3 heterocycles. The highest BCUT2D eigenvalue weighted by Crippen LogP contribution is 2.58. The molecule has 190 valence electrons. The average molecular weight is 521 g/mol. The van der Waals surface area contributed by atoms with Crippen molar-refractivity contribution in [3.63, 3.8) is 0 Å². The number of nitrogens with one attached hydrogen (secondary N) is 1. The second-order valence-corrected chi connectivity index (χ2v) is 12.9. The van der Waals surface area contributed by atoms with Crippen LogP contribution in [0.4, 0.5) is 9.59 Å². The van der Waals surface area contributed by atoms with Crippen molar-refractivity contribution in [1.29, 1.82) is 0 Å². The largest absolute Gasteiger partial charge is 0.334 e. The number of urea groups is 2. The van der Waals surface area contributed by atoms with Crippen LogP contribution in [0.2, 0.25) is 0 Å². The van der Waals surface area contributed by atoms with Crippen LogP contribution in [0.1, 0.15) is 64.7 Å². The summed E-state index contributed by atoms with van der Waals surface area (Å²) in [6.07, 6.45) is 6.63. The molecule has 5 aliphatic rings. The zero-order valence-electron chi connectivity index (χ0n) is 20.3. The lowest BCUT2D eigenvalue weighted by Crippen LogP contribution is -2.65. The molecule has 0 aromatic carbocycles. The summed E-state index contributed by atoms with van der Waals surface area (Å²) < 4.78 is 0.748. The smallest absolute Gasteiger partial charge is 0.323 e. The second-order valence-electron chi connectivity index (χ2n) is 10.4. The van der Waals surface area contributed by atoms with Crippen molar-refractivity contribution in [2.24, 2.45) is 5.41 Å². The van der Waals surface area contributed by atoms with E-state index in [1.54, 1.807) is 23.5 Å². The van der Waals surface area contributed by atoms with E-state index in [9.17, 15) is 24.0 Å². The van der Waals surface area contributed by atoms with Crippen LogP contribution in [0.5, 0.6) is 0 Å². The van der Waals surface area contributed by atoms with E-state index in [1.165, 1.54) is 16.8 Å². The Labute approximate surface area is 213 Å². The van der Waals surface area contributed by atoms with E-state index in [2.05, 4.69) is 5.32 Å². The van der Waals surface area contributed by atoms with E-state index in [1.807, 2.05) is 6.92 Å². The third-order valence-electron chi connectivity index (χ3n) is 8.12. The molecule has 5 rings (SSSR count). The minimum absolute atomic E-state index is 0.0550. The summed E-state index contributed by atoms with van der Waals surface area (Å²) in [7, 11) is 1.50. The van der Waals surface area contributed by atoms with Gasteiger partial charge < -0.3 is 5.32 Å². The Kier molecular flexibility index (Phi) is 6.44. The maximum absolute atomic E-state index is 13.6. The Balaban J connectivity index is 1.33. The van der Waals surface area contributed by atoms with Gasteiger partial charge >= 0.3 is 12.1 Å². The SMILES string of the molecule is CCCCN1C(=O)C(=C2SCCCS2)C(=O)N(C2CCC3(CC2)CC2(C3)NC(=O)N(C)C2=O)C1=O. The van der Waals surface area contributed by atoms with Crippen LogP contribution in [0.15, 0.2) is 9.81 Å². The molecule has 11 heteroatoms. The number of hydrogen-bond donors (Lipinski definition) is 1. The maximum Gasteiger partial charge on any atom is 0.334 e. The number of rotatable bonds is 4. The van der Waals surface area contributed by atoms with Crippen LogP contribution < -0.4 is 5.32 Å². The molecular weight excluding hydrogens is 488 g/mol. The fourth-order valence-electron chi connectivity index (χ4n) is 6.29. The molecule has 3 aliphatic heterocycles. The summed E-state index contributed by atoms with van der Waals surface area (Å²) >= 11 is 3.09. The summed E-state index contributed by atoms with van der Waals surface area (Å²) in [4.78, 5) is 68.6. The normalized spacial score (nSPS) is 33.8. The molecular formula is C24H32N4O5S2. The highest BCUT2D eigenvalue weighted by Gasteiger charge is 2.64. The van der Waals surface area contributed by atoms with Crippen molar-refractivity contribution in [2.45, 2.75) is 76.3 Å². The molecule has 2 spiro atoms. The fraction of sp³-hybridized carbons (Fsp3) is 0.708. The van der Waals surface area contributed by atoms with Crippen LogP contribution in [-0.4, -0.2) is 81.2 Å². The summed E-state index contributed by atoms with van der Waals surface area (Å²) in [6, 6.07) is -1.10. The van der Waals surface area contributed by atoms with Gasteiger partial charge in [-0.1, -0.05) is 13.3 Å². The number of barbiturate groups is 1. The zero-order chi connectivity index (χ0) is 25.0. The molecule has 5 fully saturated rings. The van der Waals surface area contributed by atoms with Gasteiger partial charge in [-0.25, -0.2) is 9.59 Å². The summed E-state index contributed by atoms with van der Waals surface area (Å²) in [6.45, 7) is 2.33. The van der Waals surface area contributed by atoms with Crippen LogP contribution >= 0.6 is 23.5 Å². The van der Waals surface area contributed by atoms with Gasteiger partial charge in [-0.15, -0.1) is 23.5 Å². The Morgan fingerprint density at radius 3 is 2.23 bits per heavy atom. The monoisotopic (exact) mass is 520 g/mol. The number of thioether (sulfide) groups is 2. The number of unbranched alkanes of at least 4 members (excludes halogenated alkanes) is 1. The van der Waals surface area contributed by atoms with Gasteiger partial charge in [0.2, 0.25) is 0 Å². The number of carbonyl (C=O) groups is 5. The Bertz CT molecular complexity index is 1000. The topological polar surface area (TPSA) is 107 Å². The number of imide groups is 3. The Morgan fingerprint density at radius 1 is 1.00 bits per heavy atom. The number of amides is 7. The van der Waals surface area contributed by atoms with Gasteiger partial charge in [0.1, 0.15) is 11.1 Å². The average Bonchev–Trinajstić information content (AvgIpc) is 3.04. The van der Waals surface area contributed by atoms with E-state index in [-0.39, 0.29) is 29.0 Å². The third-order valence-corrected chi connectivity index (χ3v) is 10.7. The fourth-order valence-corrected chi connectivity index (χ4v) is 8.89. The van der Waals surface area contributed by atoms with Crippen molar-refractivity contribution in [3.05, 3.63) is 9.81 Å². The van der Waals surface area contributed by atoms with Gasteiger partial charge in [-0.3, -0.25) is 29.1 Å². The van der Waals surface area contributed by atoms with Crippen molar-refractivity contribution in [3.8, 4) is 0 Å². The molecule has 0 radical (unpaired) electrons. The third kappa shape index (κ3) is 3.98. The van der Waals surface area contributed by atoms with Crippen LogP contribution in [0, 0.1) is 5.41 Å². The lowest BCUT2D eigenvalue weighted by atomic mass is 9.51. The predicted molar refractivity (Wildman–Crippen MR) is 133 cm³/mol. The van der Waals surface area contributed by atoms with Gasteiger partial charge in [0.25, 0.3) is 17.7 Å².